The zero-order valence-corrected chi connectivity index (χ0v) is 11.3. The van der Waals surface area contributed by atoms with Crippen LogP contribution in [0.5, 0.6) is 0 Å². The van der Waals surface area contributed by atoms with Crippen molar-refractivity contribution in [3.63, 3.8) is 0 Å². The summed E-state index contributed by atoms with van der Waals surface area (Å²) in [5, 5.41) is 0. The standard InChI is InChI=1S/2C6H5.ClH.Sn/c2*1-2-4-6-5-3-1;;/h2*1-5H;1H;/q;;;+1/p-1. The van der Waals surface area contributed by atoms with Crippen LogP contribution in [0.15, 0.2) is 60.7 Å². The molecule has 0 N–H and O–H groups in total. The van der Waals surface area contributed by atoms with Crippen LogP contribution in [-0.2, 0) is 0 Å². The molecule has 1 radical (unpaired) electrons. The Bertz CT molecular complexity index is 346. The third-order valence-electron chi connectivity index (χ3n) is 2.05. The van der Waals surface area contributed by atoms with Crippen molar-refractivity contribution in [2.75, 3.05) is 0 Å². The summed E-state index contributed by atoms with van der Waals surface area (Å²) >= 11 is -2.03. The second-order valence-corrected chi connectivity index (χ2v) is 10.7. The fraction of sp³-hybridized carbons (Fsp3) is 0. The van der Waals surface area contributed by atoms with E-state index in [1.54, 1.807) is 0 Å². The molecular weight excluding hydrogens is 298 g/mol. The zero-order chi connectivity index (χ0) is 9.80. The number of benzene rings is 2. The Morgan fingerprint density at radius 3 is 1.36 bits per heavy atom. The van der Waals surface area contributed by atoms with Crippen molar-refractivity contribution in [1.82, 2.24) is 0 Å². The van der Waals surface area contributed by atoms with E-state index in [1.807, 2.05) is 12.1 Å². The molecule has 2 aromatic carbocycles. The van der Waals surface area contributed by atoms with Crippen LogP contribution in [-0.4, -0.2) is 18.6 Å². The summed E-state index contributed by atoms with van der Waals surface area (Å²) in [5.41, 5.74) is 0. The van der Waals surface area contributed by atoms with Gasteiger partial charge in [0.05, 0.1) is 0 Å². The van der Waals surface area contributed by atoms with E-state index < -0.39 is 18.6 Å². The molecule has 14 heavy (non-hydrogen) atoms. The number of rotatable bonds is 2. The molecule has 0 spiro atoms. The molecule has 0 aromatic heterocycles. The normalized spacial score (nSPS) is 10.4. The SMILES string of the molecule is [Cl][Sn]([c]1ccccc1)[c]1ccccc1. The number of hydrogen-bond donors (Lipinski definition) is 0. The van der Waals surface area contributed by atoms with Crippen LogP contribution in [0.4, 0.5) is 0 Å². The Balaban J connectivity index is 2.30. The molecule has 2 heteroatoms. The second-order valence-electron chi connectivity index (χ2n) is 3.05. The first kappa shape index (κ1) is 10.1. The Morgan fingerprint density at radius 1 is 0.643 bits per heavy atom. The van der Waals surface area contributed by atoms with E-state index in [-0.39, 0.29) is 0 Å². The molecule has 0 atom stereocenters. The van der Waals surface area contributed by atoms with Crippen molar-refractivity contribution in [3.05, 3.63) is 60.7 Å². The van der Waals surface area contributed by atoms with Gasteiger partial charge in [0.1, 0.15) is 0 Å². The summed E-state index contributed by atoms with van der Waals surface area (Å²) in [5.74, 6) is 0. The predicted molar refractivity (Wildman–Crippen MR) is 63.8 cm³/mol. The van der Waals surface area contributed by atoms with Crippen molar-refractivity contribution in [3.8, 4) is 0 Å². The van der Waals surface area contributed by atoms with Crippen molar-refractivity contribution < 1.29 is 0 Å². The first-order valence-electron chi connectivity index (χ1n) is 4.51. The van der Waals surface area contributed by atoms with Gasteiger partial charge in [-0.05, 0) is 0 Å². The third-order valence-corrected chi connectivity index (χ3v) is 9.78. The first-order chi connectivity index (χ1) is 6.88. The van der Waals surface area contributed by atoms with Gasteiger partial charge in [0.2, 0.25) is 0 Å². The Hall–Kier alpha value is -0.471. The maximum absolute atomic E-state index is 6.53. The molecule has 2 rings (SSSR count). The van der Waals surface area contributed by atoms with Crippen LogP contribution in [0.3, 0.4) is 0 Å². The van der Waals surface area contributed by atoms with Crippen LogP contribution >= 0.6 is 8.92 Å². The fourth-order valence-corrected chi connectivity index (χ4v) is 6.75. The minimum atomic E-state index is -2.03. The first-order valence-corrected chi connectivity index (χ1v) is 11.0. The van der Waals surface area contributed by atoms with Gasteiger partial charge in [-0.15, -0.1) is 0 Å². The van der Waals surface area contributed by atoms with Crippen LogP contribution in [0.25, 0.3) is 0 Å². The van der Waals surface area contributed by atoms with Gasteiger partial charge in [0.25, 0.3) is 0 Å². The summed E-state index contributed by atoms with van der Waals surface area (Å²) in [7, 11) is 6.53. The van der Waals surface area contributed by atoms with Gasteiger partial charge in [0.15, 0.2) is 0 Å². The molecule has 0 aliphatic rings. The monoisotopic (exact) mass is 309 g/mol. The van der Waals surface area contributed by atoms with Gasteiger partial charge in [-0.2, -0.15) is 0 Å². The van der Waals surface area contributed by atoms with Gasteiger partial charge >= 0.3 is 95.4 Å². The zero-order valence-electron chi connectivity index (χ0n) is 7.65. The molecule has 69 valence electrons. The van der Waals surface area contributed by atoms with Gasteiger partial charge in [0, 0.05) is 0 Å². The quantitative estimate of drug-likeness (QED) is 0.745. The van der Waals surface area contributed by atoms with E-state index in [0.717, 1.165) is 0 Å². The summed E-state index contributed by atoms with van der Waals surface area (Å²) in [6.07, 6.45) is 0. The molecule has 2 aromatic rings. The van der Waals surface area contributed by atoms with E-state index in [9.17, 15) is 0 Å². The van der Waals surface area contributed by atoms with E-state index in [2.05, 4.69) is 48.5 Å². The number of hydrogen-bond acceptors (Lipinski definition) is 0. The fourth-order valence-electron chi connectivity index (χ4n) is 1.34. The average Bonchev–Trinajstić information content (AvgIpc) is 2.30. The maximum atomic E-state index is 6.53. The molecule has 0 aliphatic carbocycles. The second kappa shape index (κ2) is 4.85. The Kier molecular flexibility index (Phi) is 3.49. The van der Waals surface area contributed by atoms with Gasteiger partial charge in [-0.25, -0.2) is 0 Å². The van der Waals surface area contributed by atoms with Crippen molar-refractivity contribution >= 4 is 34.7 Å². The summed E-state index contributed by atoms with van der Waals surface area (Å²) in [6.45, 7) is 0. The van der Waals surface area contributed by atoms with E-state index in [1.165, 1.54) is 7.16 Å². The van der Waals surface area contributed by atoms with Gasteiger partial charge in [-0.3, -0.25) is 0 Å². The third kappa shape index (κ3) is 2.31. The van der Waals surface area contributed by atoms with Crippen LogP contribution in [0.2, 0.25) is 0 Å². The summed E-state index contributed by atoms with van der Waals surface area (Å²) in [4.78, 5) is 0. The molecule has 0 bridgehead atoms. The number of halogens is 1. The minimum absolute atomic E-state index is 1.34. The molecule has 0 nitrogen and oxygen atoms in total. The molecule has 0 amide bonds. The average molecular weight is 308 g/mol. The topological polar surface area (TPSA) is 0 Å². The van der Waals surface area contributed by atoms with E-state index in [0.29, 0.717) is 0 Å². The molecule has 0 aliphatic heterocycles. The molecule has 0 unspecified atom stereocenters. The Morgan fingerprint density at radius 2 is 1.00 bits per heavy atom. The molecule has 0 fully saturated rings. The predicted octanol–water partition coefficient (Wildman–Crippen LogP) is 2.03. The molecule has 0 heterocycles. The summed E-state index contributed by atoms with van der Waals surface area (Å²) in [6, 6.07) is 20.8. The summed E-state index contributed by atoms with van der Waals surface area (Å²) < 4.78 is 2.67. The van der Waals surface area contributed by atoms with Crippen LogP contribution in [0, 0.1) is 0 Å². The van der Waals surface area contributed by atoms with Crippen molar-refractivity contribution in [2.24, 2.45) is 0 Å². The van der Waals surface area contributed by atoms with Gasteiger partial charge < -0.3 is 0 Å². The molecular formula is C12H10ClSn. The van der Waals surface area contributed by atoms with E-state index in [4.69, 9.17) is 8.92 Å². The van der Waals surface area contributed by atoms with Crippen molar-refractivity contribution in [1.29, 1.82) is 0 Å². The van der Waals surface area contributed by atoms with Gasteiger partial charge in [-0.1, -0.05) is 0 Å². The molecule has 0 saturated carbocycles. The van der Waals surface area contributed by atoms with Crippen molar-refractivity contribution in [2.45, 2.75) is 0 Å². The Labute approximate surface area is 95.0 Å². The van der Waals surface area contributed by atoms with Crippen LogP contribution in [0.1, 0.15) is 0 Å². The van der Waals surface area contributed by atoms with E-state index >= 15 is 0 Å². The molecule has 0 saturated heterocycles. The van der Waals surface area contributed by atoms with Crippen LogP contribution < -0.4 is 7.16 Å².